The van der Waals surface area contributed by atoms with Gasteiger partial charge in [-0.25, -0.2) is 0 Å². The van der Waals surface area contributed by atoms with Crippen molar-refractivity contribution in [2.75, 3.05) is 0 Å². The number of benzene rings is 1. The molecule has 0 aliphatic heterocycles. The van der Waals surface area contributed by atoms with Gasteiger partial charge in [0.2, 0.25) is 0 Å². The predicted octanol–water partition coefficient (Wildman–Crippen LogP) is 4.44. The van der Waals surface area contributed by atoms with E-state index in [0.29, 0.717) is 15.5 Å². The van der Waals surface area contributed by atoms with Crippen LogP contribution in [-0.4, -0.2) is 0 Å². The first-order valence-electron chi connectivity index (χ1n) is 5.18. The van der Waals surface area contributed by atoms with E-state index in [2.05, 4.69) is 12.1 Å². The molecule has 0 bridgehead atoms. The normalized spacial score (nSPS) is 34.3. The zero-order valence-electron chi connectivity index (χ0n) is 7.89. The van der Waals surface area contributed by atoms with E-state index in [0.717, 1.165) is 5.92 Å². The molecule has 0 nitrogen and oxygen atoms in total. The van der Waals surface area contributed by atoms with Crippen LogP contribution in [0.1, 0.15) is 31.2 Å². The number of hydrogen-bond donors (Lipinski definition) is 0. The average molecular weight is 227 g/mol. The van der Waals surface area contributed by atoms with E-state index in [1.165, 1.54) is 31.2 Å². The molecule has 0 N–H and O–H groups in total. The fourth-order valence-corrected chi connectivity index (χ4v) is 3.33. The summed E-state index contributed by atoms with van der Waals surface area (Å²) >= 11 is 12.0. The van der Waals surface area contributed by atoms with Crippen LogP contribution < -0.4 is 0 Å². The number of rotatable bonds is 1. The molecular formula is C12H12Cl2. The lowest BCUT2D eigenvalue weighted by atomic mass is 9.93. The molecule has 0 amide bonds. The maximum atomic E-state index is 6.04. The quantitative estimate of drug-likeness (QED) is 0.665. The van der Waals surface area contributed by atoms with Gasteiger partial charge in [0.25, 0.3) is 0 Å². The van der Waals surface area contributed by atoms with Crippen molar-refractivity contribution in [3.05, 3.63) is 33.8 Å². The second-order valence-corrected chi connectivity index (χ2v) is 5.39. The molecule has 2 saturated carbocycles. The van der Waals surface area contributed by atoms with Crippen molar-refractivity contribution in [3.8, 4) is 0 Å². The van der Waals surface area contributed by atoms with Crippen LogP contribution in [-0.2, 0) is 5.41 Å². The summed E-state index contributed by atoms with van der Waals surface area (Å²) in [7, 11) is 0. The van der Waals surface area contributed by atoms with Crippen molar-refractivity contribution in [2.24, 2.45) is 5.92 Å². The summed E-state index contributed by atoms with van der Waals surface area (Å²) in [6, 6.07) is 6.15. The fraction of sp³-hybridized carbons (Fsp3) is 0.500. The molecule has 0 saturated heterocycles. The highest BCUT2D eigenvalue weighted by Gasteiger charge is 2.57. The molecule has 0 heterocycles. The van der Waals surface area contributed by atoms with Gasteiger partial charge in [-0.2, -0.15) is 0 Å². The molecule has 3 rings (SSSR count). The minimum Gasteiger partial charge on any atom is -0.0827 e. The Balaban J connectivity index is 2.01. The summed E-state index contributed by atoms with van der Waals surface area (Å²) < 4.78 is 0. The highest BCUT2D eigenvalue weighted by atomic mass is 35.5. The molecule has 1 unspecified atom stereocenters. The van der Waals surface area contributed by atoms with E-state index < -0.39 is 0 Å². The zero-order valence-corrected chi connectivity index (χ0v) is 9.41. The van der Waals surface area contributed by atoms with Crippen LogP contribution in [0.15, 0.2) is 18.2 Å². The Labute approximate surface area is 94.2 Å². The summed E-state index contributed by atoms with van der Waals surface area (Å²) in [6.45, 7) is 0. The van der Waals surface area contributed by atoms with Gasteiger partial charge in [0.1, 0.15) is 0 Å². The van der Waals surface area contributed by atoms with E-state index >= 15 is 0 Å². The van der Waals surface area contributed by atoms with Crippen LogP contribution in [0.3, 0.4) is 0 Å². The zero-order chi connectivity index (χ0) is 9.76. The molecule has 0 aromatic heterocycles. The minimum absolute atomic E-state index is 0.494. The van der Waals surface area contributed by atoms with Gasteiger partial charge < -0.3 is 0 Å². The molecule has 1 aromatic rings. The Morgan fingerprint density at radius 3 is 2.64 bits per heavy atom. The minimum atomic E-state index is 0.494. The summed E-state index contributed by atoms with van der Waals surface area (Å²) in [5.41, 5.74) is 1.91. The summed E-state index contributed by atoms with van der Waals surface area (Å²) in [6.07, 6.45) is 5.49. The van der Waals surface area contributed by atoms with Gasteiger partial charge >= 0.3 is 0 Å². The van der Waals surface area contributed by atoms with Gasteiger partial charge in [0, 0.05) is 0 Å². The Morgan fingerprint density at radius 1 is 1.21 bits per heavy atom. The van der Waals surface area contributed by atoms with Gasteiger partial charge in [-0.3, -0.25) is 0 Å². The molecule has 0 spiro atoms. The third kappa shape index (κ3) is 1.14. The van der Waals surface area contributed by atoms with E-state index in [4.69, 9.17) is 23.2 Å². The molecule has 74 valence electrons. The largest absolute Gasteiger partial charge is 0.0827 e. The smallest absolute Gasteiger partial charge is 0.0595 e. The number of hydrogen-bond acceptors (Lipinski definition) is 0. The van der Waals surface area contributed by atoms with Gasteiger partial charge in [0.05, 0.1) is 10.0 Å². The first-order chi connectivity index (χ1) is 6.72. The first kappa shape index (κ1) is 9.06. The second kappa shape index (κ2) is 2.90. The Hall–Kier alpha value is -0.200. The molecule has 2 aliphatic carbocycles. The second-order valence-electron chi connectivity index (χ2n) is 4.58. The van der Waals surface area contributed by atoms with Crippen LogP contribution in [0.4, 0.5) is 0 Å². The molecule has 2 atom stereocenters. The SMILES string of the molecule is Clc1ccc([C@@]23CCCC2C3)cc1Cl. The van der Waals surface area contributed by atoms with Crippen molar-refractivity contribution in [2.45, 2.75) is 31.1 Å². The van der Waals surface area contributed by atoms with Crippen molar-refractivity contribution in [1.29, 1.82) is 0 Å². The van der Waals surface area contributed by atoms with Crippen LogP contribution in [0.2, 0.25) is 10.0 Å². The predicted molar refractivity (Wildman–Crippen MR) is 60.1 cm³/mol. The van der Waals surface area contributed by atoms with E-state index in [1.54, 1.807) is 0 Å². The van der Waals surface area contributed by atoms with Crippen LogP contribution in [0.25, 0.3) is 0 Å². The lowest BCUT2D eigenvalue weighted by molar-refractivity contribution is 0.657. The Bertz CT molecular complexity index is 386. The Morgan fingerprint density at radius 2 is 2.07 bits per heavy atom. The molecule has 1 aromatic carbocycles. The molecule has 2 heteroatoms. The molecule has 2 fully saturated rings. The van der Waals surface area contributed by atoms with Crippen LogP contribution >= 0.6 is 23.2 Å². The van der Waals surface area contributed by atoms with Gasteiger partial charge in [-0.15, -0.1) is 0 Å². The highest BCUT2D eigenvalue weighted by Crippen LogP contribution is 2.64. The van der Waals surface area contributed by atoms with Gasteiger partial charge in [-0.1, -0.05) is 35.7 Å². The lowest BCUT2D eigenvalue weighted by Crippen LogP contribution is -2.04. The topological polar surface area (TPSA) is 0 Å². The van der Waals surface area contributed by atoms with Crippen LogP contribution in [0, 0.1) is 5.92 Å². The third-order valence-corrected chi connectivity index (χ3v) is 4.64. The van der Waals surface area contributed by atoms with Crippen molar-refractivity contribution < 1.29 is 0 Å². The molecule has 0 radical (unpaired) electrons. The lowest BCUT2D eigenvalue weighted by Gasteiger charge is -2.12. The van der Waals surface area contributed by atoms with E-state index in [1.807, 2.05) is 6.07 Å². The number of halogens is 2. The van der Waals surface area contributed by atoms with Gasteiger partial charge in [0.15, 0.2) is 0 Å². The maximum Gasteiger partial charge on any atom is 0.0595 e. The van der Waals surface area contributed by atoms with E-state index in [-0.39, 0.29) is 0 Å². The van der Waals surface area contributed by atoms with Crippen molar-refractivity contribution in [1.82, 2.24) is 0 Å². The maximum absolute atomic E-state index is 6.04. The fourth-order valence-electron chi connectivity index (χ4n) is 3.03. The van der Waals surface area contributed by atoms with E-state index in [9.17, 15) is 0 Å². The van der Waals surface area contributed by atoms with Gasteiger partial charge in [-0.05, 0) is 48.3 Å². The summed E-state index contributed by atoms with van der Waals surface area (Å²) in [5, 5.41) is 1.37. The third-order valence-electron chi connectivity index (χ3n) is 3.90. The summed E-state index contributed by atoms with van der Waals surface area (Å²) in [5.74, 6) is 0.930. The van der Waals surface area contributed by atoms with Crippen molar-refractivity contribution in [3.63, 3.8) is 0 Å². The monoisotopic (exact) mass is 226 g/mol. The summed E-state index contributed by atoms with van der Waals surface area (Å²) in [4.78, 5) is 0. The highest BCUT2D eigenvalue weighted by molar-refractivity contribution is 6.42. The first-order valence-corrected chi connectivity index (χ1v) is 5.93. The molecule has 2 aliphatic rings. The van der Waals surface area contributed by atoms with Crippen molar-refractivity contribution >= 4 is 23.2 Å². The van der Waals surface area contributed by atoms with Crippen LogP contribution in [0.5, 0.6) is 0 Å². The molecule has 14 heavy (non-hydrogen) atoms. The number of fused-ring (bicyclic) bond motifs is 1. The average Bonchev–Trinajstić information content (AvgIpc) is 2.75. The Kier molecular flexibility index (Phi) is 1.87. The standard InChI is InChI=1S/C12H12Cl2/c13-10-4-3-8(6-11(10)14)12-5-1-2-9(12)7-12/h3-4,6,9H,1-2,5,7H2/t9?,12-/m0/s1. The molecular weight excluding hydrogens is 215 g/mol.